The van der Waals surface area contributed by atoms with E-state index < -0.39 is 0 Å². The zero-order chi connectivity index (χ0) is 13.2. The van der Waals surface area contributed by atoms with Gasteiger partial charge in [0.2, 0.25) is 5.91 Å². The number of rotatable bonds is 3. The molecule has 3 rings (SSSR count). The standard InChI is InChI=1S/C14H16N2O2S/c17-13-7-9-3-4-10(6-12(9)16-13)14(18)15-8-11-2-1-5-19-11/h3-4,6,11H,1-2,5,7-8H2,(H,15,18)(H,16,17). The van der Waals surface area contributed by atoms with E-state index in [0.29, 0.717) is 17.2 Å². The largest absolute Gasteiger partial charge is 0.351 e. The Hall–Kier alpha value is -1.49. The first-order valence-electron chi connectivity index (χ1n) is 6.55. The number of thioether (sulfide) groups is 1. The molecule has 2 heterocycles. The Morgan fingerprint density at radius 2 is 2.37 bits per heavy atom. The second-order valence-corrected chi connectivity index (χ2v) is 6.35. The maximum Gasteiger partial charge on any atom is 0.251 e. The normalized spacial score (nSPS) is 21.1. The van der Waals surface area contributed by atoms with E-state index in [1.807, 2.05) is 17.8 Å². The smallest absolute Gasteiger partial charge is 0.251 e. The monoisotopic (exact) mass is 276 g/mol. The van der Waals surface area contributed by atoms with Gasteiger partial charge < -0.3 is 10.6 Å². The minimum Gasteiger partial charge on any atom is -0.351 e. The quantitative estimate of drug-likeness (QED) is 0.885. The maximum atomic E-state index is 12.0. The molecule has 2 aliphatic rings. The third kappa shape index (κ3) is 2.76. The summed E-state index contributed by atoms with van der Waals surface area (Å²) in [5, 5.41) is 6.29. The Labute approximate surface area is 116 Å². The van der Waals surface area contributed by atoms with Gasteiger partial charge in [-0.3, -0.25) is 9.59 Å². The summed E-state index contributed by atoms with van der Waals surface area (Å²) in [6.07, 6.45) is 2.84. The Bertz CT molecular complexity index is 524. The predicted octanol–water partition coefficient (Wildman–Crippen LogP) is 1.81. The lowest BCUT2D eigenvalue weighted by molar-refractivity contribution is -0.115. The molecule has 1 aromatic carbocycles. The third-order valence-electron chi connectivity index (χ3n) is 3.51. The van der Waals surface area contributed by atoms with Gasteiger partial charge in [-0.25, -0.2) is 0 Å². The molecule has 1 fully saturated rings. The molecular formula is C14H16N2O2S. The van der Waals surface area contributed by atoms with Crippen LogP contribution in [0, 0.1) is 0 Å². The summed E-state index contributed by atoms with van der Waals surface area (Å²) in [6.45, 7) is 0.729. The molecule has 0 bridgehead atoms. The molecule has 1 saturated heterocycles. The van der Waals surface area contributed by atoms with Gasteiger partial charge >= 0.3 is 0 Å². The highest BCUT2D eigenvalue weighted by Crippen LogP contribution is 2.26. The van der Waals surface area contributed by atoms with E-state index in [0.717, 1.165) is 17.8 Å². The number of carbonyl (C=O) groups excluding carboxylic acids is 2. The predicted molar refractivity (Wildman–Crippen MR) is 76.6 cm³/mol. The molecule has 0 radical (unpaired) electrons. The minimum absolute atomic E-state index is 0.00471. The molecule has 1 unspecified atom stereocenters. The van der Waals surface area contributed by atoms with E-state index in [1.54, 1.807) is 12.1 Å². The van der Waals surface area contributed by atoms with Crippen LogP contribution in [0.1, 0.15) is 28.8 Å². The van der Waals surface area contributed by atoms with E-state index in [9.17, 15) is 9.59 Å². The Balaban J connectivity index is 1.63. The van der Waals surface area contributed by atoms with Crippen molar-refractivity contribution in [2.24, 2.45) is 0 Å². The molecule has 100 valence electrons. The summed E-state index contributed by atoms with van der Waals surface area (Å²) in [6, 6.07) is 5.40. The highest BCUT2D eigenvalue weighted by Gasteiger charge is 2.20. The van der Waals surface area contributed by atoms with Crippen LogP contribution in [0.4, 0.5) is 5.69 Å². The lowest BCUT2D eigenvalue weighted by Gasteiger charge is -2.10. The van der Waals surface area contributed by atoms with Crippen LogP contribution < -0.4 is 10.6 Å². The summed E-state index contributed by atoms with van der Waals surface area (Å²) >= 11 is 1.93. The SMILES string of the molecule is O=C1Cc2ccc(C(=O)NCC3CCCS3)cc2N1. The molecule has 1 aromatic rings. The van der Waals surface area contributed by atoms with Gasteiger partial charge in [0, 0.05) is 23.0 Å². The zero-order valence-electron chi connectivity index (χ0n) is 10.6. The van der Waals surface area contributed by atoms with Gasteiger partial charge in [0.05, 0.1) is 6.42 Å². The molecule has 2 N–H and O–H groups in total. The lowest BCUT2D eigenvalue weighted by atomic mass is 10.1. The first kappa shape index (κ1) is 12.5. The van der Waals surface area contributed by atoms with E-state index in [1.165, 1.54) is 18.6 Å². The molecule has 0 aromatic heterocycles. The highest BCUT2D eigenvalue weighted by atomic mass is 32.2. The van der Waals surface area contributed by atoms with Crippen LogP contribution in [-0.4, -0.2) is 29.4 Å². The van der Waals surface area contributed by atoms with Gasteiger partial charge in [-0.2, -0.15) is 11.8 Å². The molecule has 0 spiro atoms. The van der Waals surface area contributed by atoms with Gasteiger partial charge in [-0.15, -0.1) is 0 Å². The van der Waals surface area contributed by atoms with Crippen molar-refractivity contribution < 1.29 is 9.59 Å². The van der Waals surface area contributed by atoms with Crippen LogP contribution in [0.3, 0.4) is 0 Å². The lowest BCUT2D eigenvalue weighted by Crippen LogP contribution is -2.29. The zero-order valence-corrected chi connectivity index (χ0v) is 11.4. The fraction of sp³-hybridized carbons (Fsp3) is 0.429. The molecule has 0 aliphatic carbocycles. The van der Waals surface area contributed by atoms with E-state index in [-0.39, 0.29) is 11.8 Å². The summed E-state index contributed by atoms with van der Waals surface area (Å²) in [7, 11) is 0. The van der Waals surface area contributed by atoms with Gasteiger partial charge in [0.15, 0.2) is 0 Å². The van der Waals surface area contributed by atoms with Crippen molar-refractivity contribution in [1.82, 2.24) is 5.32 Å². The number of hydrogen-bond acceptors (Lipinski definition) is 3. The molecule has 0 saturated carbocycles. The number of fused-ring (bicyclic) bond motifs is 1. The van der Waals surface area contributed by atoms with Crippen molar-refractivity contribution in [3.8, 4) is 0 Å². The molecule has 5 heteroatoms. The van der Waals surface area contributed by atoms with E-state index in [4.69, 9.17) is 0 Å². The summed E-state index contributed by atoms with van der Waals surface area (Å²) in [4.78, 5) is 23.3. The first-order chi connectivity index (χ1) is 9.22. The minimum atomic E-state index is -0.0588. The van der Waals surface area contributed by atoms with Crippen molar-refractivity contribution in [3.63, 3.8) is 0 Å². The molecule has 2 aliphatic heterocycles. The van der Waals surface area contributed by atoms with Crippen molar-refractivity contribution in [2.45, 2.75) is 24.5 Å². The van der Waals surface area contributed by atoms with Crippen LogP contribution >= 0.6 is 11.8 Å². The second-order valence-electron chi connectivity index (χ2n) is 4.94. The van der Waals surface area contributed by atoms with Crippen molar-refractivity contribution in [1.29, 1.82) is 0 Å². The number of benzene rings is 1. The van der Waals surface area contributed by atoms with Crippen LogP contribution in [0.15, 0.2) is 18.2 Å². The third-order valence-corrected chi connectivity index (χ3v) is 4.91. The van der Waals surface area contributed by atoms with Gasteiger partial charge in [0.25, 0.3) is 5.91 Å². The summed E-state index contributed by atoms with van der Waals surface area (Å²) < 4.78 is 0. The average Bonchev–Trinajstić information content (AvgIpc) is 3.02. The topological polar surface area (TPSA) is 58.2 Å². The van der Waals surface area contributed by atoms with E-state index >= 15 is 0 Å². The number of amides is 2. The highest BCUT2D eigenvalue weighted by molar-refractivity contribution is 8.00. The van der Waals surface area contributed by atoms with Crippen molar-refractivity contribution in [2.75, 3.05) is 17.6 Å². The van der Waals surface area contributed by atoms with Gasteiger partial charge in [-0.1, -0.05) is 6.07 Å². The van der Waals surface area contributed by atoms with Gasteiger partial charge in [0.1, 0.15) is 0 Å². The number of anilines is 1. The van der Waals surface area contributed by atoms with E-state index in [2.05, 4.69) is 10.6 Å². The number of hydrogen-bond donors (Lipinski definition) is 2. The average molecular weight is 276 g/mol. The number of nitrogens with one attached hydrogen (secondary N) is 2. The van der Waals surface area contributed by atoms with Crippen molar-refractivity contribution >= 4 is 29.3 Å². The summed E-state index contributed by atoms with van der Waals surface area (Å²) in [5.74, 6) is 1.14. The fourth-order valence-electron chi connectivity index (χ4n) is 2.47. The van der Waals surface area contributed by atoms with Crippen LogP contribution in [-0.2, 0) is 11.2 Å². The Morgan fingerprint density at radius 3 is 3.16 bits per heavy atom. The molecule has 2 amide bonds. The van der Waals surface area contributed by atoms with Crippen LogP contribution in [0.2, 0.25) is 0 Å². The molecule has 4 nitrogen and oxygen atoms in total. The van der Waals surface area contributed by atoms with Gasteiger partial charge in [-0.05, 0) is 36.3 Å². The first-order valence-corrected chi connectivity index (χ1v) is 7.60. The molecular weight excluding hydrogens is 260 g/mol. The number of carbonyl (C=O) groups is 2. The Morgan fingerprint density at radius 1 is 1.47 bits per heavy atom. The Kier molecular flexibility index (Phi) is 3.46. The maximum absolute atomic E-state index is 12.0. The van der Waals surface area contributed by atoms with Crippen molar-refractivity contribution in [3.05, 3.63) is 29.3 Å². The fourth-order valence-corrected chi connectivity index (χ4v) is 3.67. The second kappa shape index (κ2) is 5.25. The van der Waals surface area contributed by atoms with Crippen LogP contribution in [0.25, 0.3) is 0 Å². The molecule has 19 heavy (non-hydrogen) atoms. The van der Waals surface area contributed by atoms with Crippen LogP contribution in [0.5, 0.6) is 0 Å². The summed E-state index contributed by atoms with van der Waals surface area (Å²) in [5.41, 5.74) is 2.35. The molecule has 1 atom stereocenters.